The Bertz CT molecular complexity index is 1100. The molecule has 0 aliphatic carbocycles. The van der Waals surface area contributed by atoms with Gasteiger partial charge in [0.25, 0.3) is 5.91 Å². The summed E-state index contributed by atoms with van der Waals surface area (Å²) in [5, 5.41) is 5.54. The average Bonchev–Trinajstić information content (AvgIpc) is 3.24. The van der Waals surface area contributed by atoms with Gasteiger partial charge in [0.15, 0.2) is 0 Å². The highest BCUT2D eigenvalue weighted by atomic mass is 16.2. The molecule has 0 bridgehead atoms. The van der Waals surface area contributed by atoms with Crippen LogP contribution in [0.15, 0.2) is 78.9 Å². The van der Waals surface area contributed by atoms with Gasteiger partial charge in [0, 0.05) is 30.8 Å². The molecule has 0 fully saturated rings. The maximum atomic E-state index is 12.6. The van der Waals surface area contributed by atoms with E-state index in [1.165, 1.54) is 0 Å². The van der Waals surface area contributed by atoms with E-state index in [0.717, 1.165) is 16.7 Å². The third-order valence-corrected chi connectivity index (χ3v) is 5.46. The number of primary amides is 1. The van der Waals surface area contributed by atoms with Crippen LogP contribution in [0, 0.1) is 0 Å². The molecule has 1 atom stereocenters. The highest BCUT2D eigenvalue weighted by Gasteiger charge is 2.23. The SMILES string of the molecule is NC(=O)[C@H](Cc1ccccc1)NC(=O)c1ccc(NC(=O)N2Cc3ccccc3C2)cc1. The number of benzene rings is 3. The lowest BCUT2D eigenvalue weighted by molar-refractivity contribution is -0.119. The molecular formula is C25H24N4O3. The van der Waals surface area contributed by atoms with Crippen molar-refractivity contribution in [3.63, 3.8) is 0 Å². The first-order valence-electron chi connectivity index (χ1n) is 10.4. The third kappa shape index (κ3) is 4.95. The van der Waals surface area contributed by atoms with E-state index < -0.39 is 17.9 Å². The number of amides is 4. The summed E-state index contributed by atoms with van der Waals surface area (Å²) in [5.41, 5.74) is 9.62. The molecule has 7 nitrogen and oxygen atoms in total. The number of carbonyl (C=O) groups is 3. The third-order valence-electron chi connectivity index (χ3n) is 5.46. The molecule has 1 aliphatic rings. The number of fused-ring (bicyclic) bond motifs is 1. The van der Waals surface area contributed by atoms with E-state index in [2.05, 4.69) is 10.6 Å². The smallest absolute Gasteiger partial charge is 0.322 e. The number of anilines is 1. The van der Waals surface area contributed by atoms with Crippen molar-refractivity contribution in [3.05, 3.63) is 101 Å². The van der Waals surface area contributed by atoms with E-state index >= 15 is 0 Å². The quantitative estimate of drug-likeness (QED) is 0.562. The van der Waals surface area contributed by atoms with Gasteiger partial charge in [-0.2, -0.15) is 0 Å². The zero-order valence-corrected chi connectivity index (χ0v) is 17.5. The van der Waals surface area contributed by atoms with Crippen molar-refractivity contribution in [3.8, 4) is 0 Å². The second-order valence-corrected chi connectivity index (χ2v) is 7.75. The molecule has 0 spiro atoms. The van der Waals surface area contributed by atoms with Crippen LogP contribution >= 0.6 is 0 Å². The normalized spacial score (nSPS) is 13.2. The van der Waals surface area contributed by atoms with Crippen molar-refractivity contribution >= 4 is 23.5 Å². The number of urea groups is 1. The summed E-state index contributed by atoms with van der Waals surface area (Å²) in [6, 6.07) is 22.8. The maximum Gasteiger partial charge on any atom is 0.322 e. The molecule has 3 aromatic carbocycles. The van der Waals surface area contributed by atoms with Crippen LogP contribution in [0.2, 0.25) is 0 Å². The minimum Gasteiger partial charge on any atom is -0.368 e. The van der Waals surface area contributed by atoms with Crippen molar-refractivity contribution in [2.24, 2.45) is 5.73 Å². The minimum absolute atomic E-state index is 0.199. The second-order valence-electron chi connectivity index (χ2n) is 7.75. The lowest BCUT2D eigenvalue weighted by atomic mass is 10.0. The van der Waals surface area contributed by atoms with Crippen molar-refractivity contribution in [1.29, 1.82) is 0 Å². The molecule has 4 N–H and O–H groups in total. The van der Waals surface area contributed by atoms with E-state index in [4.69, 9.17) is 5.73 Å². The zero-order valence-electron chi connectivity index (χ0n) is 17.5. The first-order chi connectivity index (χ1) is 15.5. The van der Waals surface area contributed by atoms with Crippen LogP contribution in [0.5, 0.6) is 0 Å². The lowest BCUT2D eigenvalue weighted by Gasteiger charge is -2.17. The monoisotopic (exact) mass is 428 g/mol. The van der Waals surface area contributed by atoms with E-state index in [1.807, 2.05) is 54.6 Å². The Morgan fingerprint density at radius 1 is 0.844 bits per heavy atom. The van der Waals surface area contributed by atoms with Gasteiger partial charge >= 0.3 is 6.03 Å². The summed E-state index contributed by atoms with van der Waals surface area (Å²) in [6.07, 6.45) is 0.314. The first kappa shape index (κ1) is 21.1. The summed E-state index contributed by atoms with van der Waals surface area (Å²) in [7, 11) is 0. The molecule has 0 saturated carbocycles. The predicted octanol–water partition coefficient (Wildman–Crippen LogP) is 3.06. The van der Waals surface area contributed by atoms with Crippen LogP contribution in [0.25, 0.3) is 0 Å². The number of nitrogens with zero attached hydrogens (tertiary/aromatic N) is 1. The number of rotatable bonds is 6. The van der Waals surface area contributed by atoms with Crippen molar-refractivity contribution in [2.75, 3.05) is 5.32 Å². The Labute approximate surface area is 186 Å². The van der Waals surface area contributed by atoms with E-state index in [9.17, 15) is 14.4 Å². The van der Waals surface area contributed by atoms with Crippen LogP contribution in [0.4, 0.5) is 10.5 Å². The number of nitrogens with two attached hydrogens (primary N) is 1. The van der Waals surface area contributed by atoms with Crippen molar-refractivity contribution in [2.45, 2.75) is 25.6 Å². The van der Waals surface area contributed by atoms with Gasteiger partial charge in [-0.25, -0.2) is 4.79 Å². The highest BCUT2D eigenvalue weighted by Crippen LogP contribution is 2.23. The van der Waals surface area contributed by atoms with Gasteiger partial charge in [0.05, 0.1) is 0 Å². The molecule has 0 unspecified atom stereocenters. The largest absolute Gasteiger partial charge is 0.368 e. The van der Waals surface area contributed by atoms with Gasteiger partial charge < -0.3 is 21.3 Å². The van der Waals surface area contributed by atoms with Crippen LogP contribution in [0.1, 0.15) is 27.0 Å². The van der Waals surface area contributed by atoms with Gasteiger partial charge in [-0.3, -0.25) is 9.59 Å². The molecule has 1 aliphatic heterocycles. The van der Waals surface area contributed by atoms with Gasteiger partial charge in [0.1, 0.15) is 6.04 Å². The van der Waals surface area contributed by atoms with Crippen LogP contribution < -0.4 is 16.4 Å². The number of nitrogens with one attached hydrogen (secondary N) is 2. The lowest BCUT2D eigenvalue weighted by Crippen LogP contribution is -2.45. The first-order valence-corrected chi connectivity index (χ1v) is 10.4. The van der Waals surface area contributed by atoms with Crippen molar-refractivity contribution in [1.82, 2.24) is 10.2 Å². The molecule has 0 saturated heterocycles. The van der Waals surface area contributed by atoms with Gasteiger partial charge in [-0.15, -0.1) is 0 Å². The zero-order chi connectivity index (χ0) is 22.5. The Morgan fingerprint density at radius 2 is 1.44 bits per heavy atom. The summed E-state index contributed by atoms with van der Waals surface area (Å²) in [5.74, 6) is -1.00. The number of hydrogen-bond acceptors (Lipinski definition) is 3. The molecule has 32 heavy (non-hydrogen) atoms. The molecular weight excluding hydrogens is 404 g/mol. The molecule has 162 valence electrons. The Morgan fingerprint density at radius 3 is 2.03 bits per heavy atom. The standard InChI is InChI=1S/C25H24N4O3/c26-23(30)22(14-17-6-2-1-3-7-17)28-24(31)18-10-12-21(13-11-18)27-25(32)29-15-19-8-4-5-9-20(19)16-29/h1-13,22H,14-16H2,(H2,26,30)(H,27,32)(H,28,31)/t22-/m0/s1. The molecule has 4 rings (SSSR count). The fourth-order valence-electron chi connectivity index (χ4n) is 3.70. The maximum absolute atomic E-state index is 12.6. The topological polar surface area (TPSA) is 105 Å². The molecule has 0 aromatic heterocycles. The molecule has 0 radical (unpaired) electrons. The highest BCUT2D eigenvalue weighted by molar-refractivity contribution is 5.98. The van der Waals surface area contributed by atoms with Crippen molar-refractivity contribution < 1.29 is 14.4 Å². The summed E-state index contributed by atoms with van der Waals surface area (Å²) < 4.78 is 0. The fourth-order valence-corrected chi connectivity index (χ4v) is 3.70. The minimum atomic E-state index is -0.818. The van der Waals surface area contributed by atoms with Gasteiger partial charge in [-0.05, 0) is 41.0 Å². The summed E-state index contributed by atoms with van der Waals surface area (Å²) in [4.78, 5) is 38.7. The summed E-state index contributed by atoms with van der Waals surface area (Å²) in [6.45, 7) is 1.14. The predicted molar refractivity (Wildman–Crippen MR) is 122 cm³/mol. The number of carbonyl (C=O) groups excluding carboxylic acids is 3. The van der Waals surface area contributed by atoms with Gasteiger partial charge in [0.2, 0.25) is 5.91 Å². The van der Waals surface area contributed by atoms with Crippen LogP contribution in [-0.4, -0.2) is 28.8 Å². The Balaban J connectivity index is 1.35. The summed E-state index contributed by atoms with van der Waals surface area (Å²) >= 11 is 0. The Hall–Kier alpha value is -4.13. The van der Waals surface area contributed by atoms with Crippen LogP contribution in [0.3, 0.4) is 0 Å². The van der Waals surface area contributed by atoms with E-state index in [0.29, 0.717) is 30.8 Å². The Kier molecular flexibility index (Phi) is 6.17. The van der Waals surface area contributed by atoms with Crippen LogP contribution in [-0.2, 0) is 24.3 Å². The number of hydrogen-bond donors (Lipinski definition) is 3. The fraction of sp³-hybridized carbons (Fsp3) is 0.160. The molecule has 3 aromatic rings. The molecule has 1 heterocycles. The average molecular weight is 428 g/mol. The second kappa shape index (κ2) is 9.34. The van der Waals surface area contributed by atoms with E-state index in [1.54, 1.807) is 29.2 Å². The van der Waals surface area contributed by atoms with E-state index in [-0.39, 0.29) is 6.03 Å². The molecule has 4 amide bonds. The van der Waals surface area contributed by atoms with Gasteiger partial charge in [-0.1, -0.05) is 54.6 Å². The molecule has 7 heteroatoms.